The van der Waals surface area contributed by atoms with Gasteiger partial charge in [0, 0.05) is 11.4 Å². The zero-order valence-electron chi connectivity index (χ0n) is 23.6. The van der Waals surface area contributed by atoms with E-state index in [1.165, 1.54) is 7.11 Å². The van der Waals surface area contributed by atoms with Crippen molar-refractivity contribution in [2.75, 3.05) is 23.5 Å². The van der Waals surface area contributed by atoms with Gasteiger partial charge in [0.1, 0.15) is 17.4 Å². The molecule has 2 heterocycles. The molecular weight excluding hydrogens is 528 g/mol. The molecule has 7 heteroatoms. The number of amides is 1. The SMILES string of the molecule is CCOC(=O)[C@@H]1[C@@H](C(=O)OC)[C@@]2(C(=O)N(Cc3ccccc3)c3ccccc32)[C@@H](c2ccccc2)N1c1ccccc1. The average Bonchev–Trinajstić information content (AvgIpc) is 3.49. The second kappa shape index (κ2) is 11.2. The maximum absolute atomic E-state index is 15.2. The summed E-state index contributed by atoms with van der Waals surface area (Å²) in [5.41, 5.74) is 2.34. The Kier molecular flexibility index (Phi) is 7.25. The van der Waals surface area contributed by atoms with Gasteiger partial charge in [0.2, 0.25) is 5.91 Å². The second-order valence-corrected chi connectivity index (χ2v) is 10.5. The molecule has 0 aliphatic carbocycles. The van der Waals surface area contributed by atoms with Gasteiger partial charge in [0.15, 0.2) is 0 Å². The third-order valence-corrected chi connectivity index (χ3v) is 8.39. The quantitative estimate of drug-likeness (QED) is 0.280. The number of esters is 2. The molecule has 0 aromatic heterocycles. The Labute approximate surface area is 245 Å². The fourth-order valence-corrected chi connectivity index (χ4v) is 6.84. The highest BCUT2D eigenvalue weighted by atomic mass is 16.5. The molecule has 1 saturated heterocycles. The van der Waals surface area contributed by atoms with Crippen molar-refractivity contribution in [1.29, 1.82) is 0 Å². The third kappa shape index (κ3) is 4.15. The summed E-state index contributed by atoms with van der Waals surface area (Å²) in [6.07, 6.45) is 0. The summed E-state index contributed by atoms with van der Waals surface area (Å²) < 4.78 is 11.0. The molecule has 0 radical (unpaired) electrons. The number of fused-ring (bicyclic) bond motifs is 2. The standard InChI is InChI=1S/C35H32N2O5/c1-3-42-33(39)30-29(32(38)41-2)35(31(25-17-9-5-10-18-25)37(30)26-19-11-6-12-20-26)27-21-13-14-22-28(27)36(34(35)40)23-24-15-7-4-8-16-24/h4-22,29-31H,3,23H2,1-2H3/t29-,30-,31+,35+/m0/s1. The highest BCUT2D eigenvalue weighted by Crippen LogP contribution is 2.62. The van der Waals surface area contributed by atoms with Gasteiger partial charge in [0.25, 0.3) is 0 Å². The summed E-state index contributed by atoms with van der Waals surface area (Å²) >= 11 is 0. The van der Waals surface area contributed by atoms with Crippen molar-refractivity contribution in [2.45, 2.75) is 31.0 Å². The number of methoxy groups -OCH3 is 1. The maximum Gasteiger partial charge on any atom is 0.329 e. The van der Waals surface area contributed by atoms with E-state index in [0.717, 1.165) is 11.1 Å². The summed E-state index contributed by atoms with van der Waals surface area (Å²) in [7, 11) is 1.30. The van der Waals surface area contributed by atoms with Crippen molar-refractivity contribution >= 4 is 29.2 Å². The first kappa shape index (κ1) is 27.3. The lowest BCUT2D eigenvalue weighted by Gasteiger charge is -2.37. The minimum absolute atomic E-state index is 0.125. The monoisotopic (exact) mass is 560 g/mol. The molecule has 7 nitrogen and oxygen atoms in total. The number of anilines is 2. The van der Waals surface area contributed by atoms with Crippen molar-refractivity contribution in [2.24, 2.45) is 5.92 Å². The highest BCUT2D eigenvalue weighted by Gasteiger charge is 2.73. The lowest BCUT2D eigenvalue weighted by atomic mass is 9.65. The van der Waals surface area contributed by atoms with E-state index in [9.17, 15) is 9.59 Å². The predicted octanol–water partition coefficient (Wildman–Crippen LogP) is 5.45. The molecule has 4 aromatic rings. The van der Waals surface area contributed by atoms with E-state index in [0.29, 0.717) is 23.5 Å². The Morgan fingerprint density at radius 1 is 0.786 bits per heavy atom. The lowest BCUT2D eigenvalue weighted by molar-refractivity contribution is -0.157. The molecule has 0 unspecified atom stereocenters. The smallest absolute Gasteiger partial charge is 0.329 e. The minimum atomic E-state index is -1.49. The van der Waals surface area contributed by atoms with Crippen molar-refractivity contribution in [3.63, 3.8) is 0 Å². The van der Waals surface area contributed by atoms with Gasteiger partial charge in [-0.1, -0.05) is 97.1 Å². The number of carbonyl (C=O) groups excluding carboxylic acids is 3. The summed E-state index contributed by atoms with van der Waals surface area (Å²) in [6.45, 7) is 2.16. The molecule has 42 heavy (non-hydrogen) atoms. The van der Waals surface area contributed by atoms with Gasteiger partial charge in [-0.05, 0) is 41.8 Å². The molecule has 1 fully saturated rings. The van der Waals surface area contributed by atoms with E-state index in [1.807, 2.05) is 120 Å². The van der Waals surface area contributed by atoms with Crippen LogP contribution in [0, 0.1) is 5.92 Å². The number of nitrogens with zero attached hydrogens (tertiary/aromatic N) is 2. The van der Waals surface area contributed by atoms with E-state index < -0.39 is 35.4 Å². The second-order valence-electron chi connectivity index (χ2n) is 10.5. The molecule has 1 amide bonds. The minimum Gasteiger partial charge on any atom is -0.469 e. The fourth-order valence-electron chi connectivity index (χ4n) is 6.84. The van der Waals surface area contributed by atoms with Crippen molar-refractivity contribution < 1.29 is 23.9 Å². The first-order chi connectivity index (χ1) is 20.5. The van der Waals surface area contributed by atoms with Crippen LogP contribution in [-0.2, 0) is 35.8 Å². The van der Waals surface area contributed by atoms with E-state index >= 15 is 4.79 Å². The van der Waals surface area contributed by atoms with Gasteiger partial charge < -0.3 is 19.3 Å². The van der Waals surface area contributed by atoms with Crippen LogP contribution in [0.5, 0.6) is 0 Å². The lowest BCUT2D eigenvalue weighted by Crippen LogP contribution is -2.51. The van der Waals surface area contributed by atoms with Crippen LogP contribution < -0.4 is 9.80 Å². The Hall–Kier alpha value is -4.91. The van der Waals surface area contributed by atoms with E-state index in [2.05, 4.69) is 0 Å². The van der Waals surface area contributed by atoms with Crippen LogP contribution in [0.2, 0.25) is 0 Å². The van der Waals surface area contributed by atoms with Gasteiger partial charge in [-0.25, -0.2) is 4.79 Å². The Bertz CT molecular complexity index is 1590. The largest absolute Gasteiger partial charge is 0.469 e. The van der Waals surface area contributed by atoms with Gasteiger partial charge in [-0.3, -0.25) is 9.59 Å². The summed E-state index contributed by atoms with van der Waals surface area (Å²) in [5.74, 6) is -2.68. The Balaban J connectivity index is 1.68. The van der Waals surface area contributed by atoms with Crippen molar-refractivity contribution in [3.05, 3.63) is 132 Å². The number of hydrogen-bond acceptors (Lipinski definition) is 6. The predicted molar refractivity (Wildman–Crippen MR) is 160 cm³/mol. The number of hydrogen-bond donors (Lipinski definition) is 0. The zero-order valence-corrected chi connectivity index (χ0v) is 23.6. The first-order valence-corrected chi connectivity index (χ1v) is 14.1. The van der Waals surface area contributed by atoms with E-state index in [-0.39, 0.29) is 12.5 Å². The molecule has 0 bridgehead atoms. The number of benzene rings is 4. The molecule has 1 spiro atoms. The number of carbonyl (C=O) groups is 3. The van der Waals surface area contributed by atoms with Crippen LogP contribution >= 0.6 is 0 Å². The van der Waals surface area contributed by atoms with Crippen LogP contribution in [0.15, 0.2) is 115 Å². The van der Waals surface area contributed by atoms with E-state index in [1.54, 1.807) is 11.8 Å². The molecular formula is C35H32N2O5. The van der Waals surface area contributed by atoms with Crippen LogP contribution in [0.1, 0.15) is 29.7 Å². The van der Waals surface area contributed by atoms with Crippen LogP contribution in [0.3, 0.4) is 0 Å². The number of rotatable bonds is 7. The van der Waals surface area contributed by atoms with Gasteiger partial charge in [-0.15, -0.1) is 0 Å². The molecule has 0 saturated carbocycles. The number of para-hydroxylation sites is 2. The van der Waals surface area contributed by atoms with Crippen LogP contribution in [-0.4, -0.2) is 37.6 Å². The van der Waals surface area contributed by atoms with Crippen molar-refractivity contribution in [1.82, 2.24) is 0 Å². The maximum atomic E-state index is 15.2. The average molecular weight is 561 g/mol. The van der Waals surface area contributed by atoms with Crippen LogP contribution in [0.4, 0.5) is 11.4 Å². The highest BCUT2D eigenvalue weighted by molar-refractivity contribution is 6.13. The molecule has 0 N–H and O–H groups in total. The van der Waals surface area contributed by atoms with Gasteiger partial charge in [0.05, 0.1) is 26.3 Å². The molecule has 2 aliphatic rings. The van der Waals surface area contributed by atoms with E-state index in [4.69, 9.17) is 9.47 Å². The summed E-state index contributed by atoms with van der Waals surface area (Å²) in [4.78, 5) is 46.9. The molecule has 4 atom stereocenters. The Morgan fingerprint density at radius 2 is 1.38 bits per heavy atom. The first-order valence-electron chi connectivity index (χ1n) is 14.1. The summed E-state index contributed by atoms with van der Waals surface area (Å²) in [6, 6.07) is 34.5. The Morgan fingerprint density at radius 3 is 2.02 bits per heavy atom. The molecule has 212 valence electrons. The third-order valence-electron chi connectivity index (χ3n) is 8.39. The van der Waals surface area contributed by atoms with Crippen LogP contribution in [0.25, 0.3) is 0 Å². The van der Waals surface area contributed by atoms with Crippen molar-refractivity contribution in [3.8, 4) is 0 Å². The zero-order chi connectivity index (χ0) is 29.3. The fraction of sp³-hybridized carbons (Fsp3) is 0.229. The van der Waals surface area contributed by atoms with Gasteiger partial charge >= 0.3 is 11.9 Å². The molecule has 6 rings (SSSR count). The molecule has 4 aromatic carbocycles. The summed E-state index contributed by atoms with van der Waals surface area (Å²) in [5, 5.41) is 0. The van der Waals surface area contributed by atoms with Gasteiger partial charge in [-0.2, -0.15) is 0 Å². The molecule has 2 aliphatic heterocycles. The topological polar surface area (TPSA) is 76.2 Å². The number of ether oxygens (including phenoxy) is 2. The normalized spacial score (nSPS) is 22.7.